The van der Waals surface area contributed by atoms with Crippen molar-refractivity contribution in [3.8, 4) is 0 Å². The Morgan fingerprint density at radius 3 is 2.70 bits per heavy atom. The van der Waals surface area contributed by atoms with Crippen LogP contribution in [0.1, 0.15) is 33.1 Å². The van der Waals surface area contributed by atoms with E-state index in [1.807, 2.05) is 13.8 Å². The van der Waals surface area contributed by atoms with Gasteiger partial charge in [-0.3, -0.25) is 4.79 Å². The number of amides is 1. The fourth-order valence-electron chi connectivity index (χ4n) is 2.92. The molecule has 23 heavy (non-hydrogen) atoms. The number of rotatable bonds is 7. The summed E-state index contributed by atoms with van der Waals surface area (Å²) in [5.41, 5.74) is 0. The van der Waals surface area contributed by atoms with Crippen LogP contribution in [0.4, 0.5) is 0 Å². The first-order valence-corrected chi connectivity index (χ1v) is 9.64. The molecule has 0 aromatic rings. The van der Waals surface area contributed by atoms with Crippen molar-refractivity contribution in [1.82, 2.24) is 14.9 Å². The maximum Gasteiger partial charge on any atom is 0.237 e. The molecule has 0 aromatic heterocycles. The molecule has 2 heterocycles. The summed E-state index contributed by atoms with van der Waals surface area (Å²) in [6, 6.07) is 0.861. The van der Waals surface area contributed by atoms with Gasteiger partial charge in [0.2, 0.25) is 15.9 Å². The number of nitrogens with one attached hydrogen (secondary N) is 2. The van der Waals surface area contributed by atoms with Gasteiger partial charge in [-0.15, -0.1) is 12.4 Å². The van der Waals surface area contributed by atoms with Gasteiger partial charge < -0.3 is 15.0 Å². The van der Waals surface area contributed by atoms with E-state index in [1.54, 1.807) is 4.90 Å². The molecule has 9 heteroatoms. The number of carbonyl (C=O) groups is 1. The van der Waals surface area contributed by atoms with Crippen molar-refractivity contribution in [3.63, 3.8) is 0 Å². The summed E-state index contributed by atoms with van der Waals surface area (Å²) in [5.74, 6) is -0.271. The van der Waals surface area contributed by atoms with Crippen molar-refractivity contribution in [1.29, 1.82) is 0 Å². The number of nitrogens with zero attached hydrogens (tertiary/aromatic N) is 1. The molecule has 2 saturated heterocycles. The van der Waals surface area contributed by atoms with Crippen LogP contribution in [0.5, 0.6) is 0 Å². The zero-order valence-electron chi connectivity index (χ0n) is 13.8. The van der Waals surface area contributed by atoms with E-state index in [1.165, 1.54) is 6.42 Å². The Bertz CT molecular complexity index is 486. The molecule has 7 nitrogen and oxygen atoms in total. The van der Waals surface area contributed by atoms with Gasteiger partial charge in [0, 0.05) is 25.2 Å². The van der Waals surface area contributed by atoms with Crippen LogP contribution in [0, 0.1) is 0 Å². The van der Waals surface area contributed by atoms with Crippen LogP contribution < -0.4 is 10.0 Å². The fraction of sp³-hybridized carbons (Fsp3) is 0.929. The number of halogens is 1. The molecule has 136 valence electrons. The van der Waals surface area contributed by atoms with E-state index in [0.29, 0.717) is 25.2 Å². The molecule has 2 rings (SSSR count). The van der Waals surface area contributed by atoms with E-state index in [9.17, 15) is 13.2 Å². The highest BCUT2D eigenvalue weighted by Gasteiger charge is 2.31. The van der Waals surface area contributed by atoms with Crippen LogP contribution in [0.3, 0.4) is 0 Å². The van der Waals surface area contributed by atoms with Gasteiger partial charge in [-0.25, -0.2) is 13.1 Å². The Labute approximate surface area is 145 Å². The third-order valence-corrected chi connectivity index (χ3v) is 5.41. The zero-order valence-corrected chi connectivity index (χ0v) is 15.4. The number of hydrogen-bond acceptors (Lipinski definition) is 5. The van der Waals surface area contributed by atoms with E-state index in [2.05, 4.69) is 10.0 Å². The summed E-state index contributed by atoms with van der Waals surface area (Å²) < 4.78 is 31.2. The highest BCUT2D eigenvalue weighted by molar-refractivity contribution is 7.89. The fourth-order valence-corrected chi connectivity index (χ4v) is 3.72. The van der Waals surface area contributed by atoms with Crippen LogP contribution in [0.15, 0.2) is 0 Å². The third kappa shape index (κ3) is 6.93. The van der Waals surface area contributed by atoms with Gasteiger partial charge in [-0.1, -0.05) is 0 Å². The molecule has 0 radical (unpaired) electrons. The van der Waals surface area contributed by atoms with Crippen LogP contribution in [-0.4, -0.2) is 69.4 Å². The topological polar surface area (TPSA) is 87.7 Å². The maximum atomic E-state index is 12.2. The van der Waals surface area contributed by atoms with Gasteiger partial charge in [-0.2, -0.15) is 0 Å². The minimum absolute atomic E-state index is 0. The average Bonchev–Trinajstić information content (AvgIpc) is 2.75. The van der Waals surface area contributed by atoms with Crippen LogP contribution in [0.25, 0.3) is 0 Å². The zero-order chi connectivity index (χ0) is 16.2. The normalized spacial score (nSPS) is 24.4. The van der Waals surface area contributed by atoms with Crippen molar-refractivity contribution in [3.05, 3.63) is 0 Å². The van der Waals surface area contributed by atoms with Crippen molar-refractivity contribution in [2.45, 2.75) is 51.3 Å². The molecular formula is C14H28ClN3O4S. The number of sulfonamides is 1. The number of hydrogen-bond donors (Lipinski definition) is 2. The number of carbonyl (C=O) groups excluding carboxylic acids is 1. The quantitative estimate of drug-likeness (QED) is 0.664. The first-order chi connectivity index (χ1) is 10.4. The first kappa shape index (κ1) is 20.6. The number of ether oxygens (including phenoxy) is 1. The van der Waals surface area contributed by atoms with E-state index < -0.39 is 10.0 Å². The molecular weight excluding hydrogens is 342 g/mol. The van der Waals surface area contributed by atoms with Gasteiger partial charge in [0.25, 0.3) is 0 Å². The van der Waals surface area contributed by atoms with Gasteiger partial charge >= 0.3 is 0 Å². The highest BCUT2D eigenvalue weighted by Crippen LogP contribution is 2.20. The second-order valence-corrected chi connectivity index (χ2v) is 8.25. The third-order valence-electron chi connectivity index (χ3n) is 4.12. The Morgan fingerprint density at radius 1 is 1.30 bits per heavy atom. The lowest BCUT2D eigenvalue weighted by Gasteiger charge is -2.24. The molecule has 2 atom stereocenters. The standard InChI is InChI=1S/C14H27N3O4S.ClH/c1-11(2)21-7-8-22(19,20)15-9-14(18)17-6-5-12-3-4-13(10-17)16-12;/h11-13,15-16H,3-10H2,1-2H3;1H. The Hall–Kier alpha value is -0.410. The summed E-state index contributed by atoms with van der Waals surface area (Å²) in [7, 11) is -3.47. The van der Waals surface area contributed by atoms with Gasteiger partial charge in [0.15, 0.2) is 0 Å². The van der Waals surface area contributed by atoms with Crippen LogP contribution >= 0.6 is 12.4 Å². The molecule has 0 saturated carbocycles. The van der Waals surface area contributed by atoms with Crippen LogP contribution in [0.2, 0.25) is 0 Å². The second-order valence-electron chi connectivity index (χ2n) is 6.33. The summed E-state index contributed by atoms with van der Waals surface area (Å²) in [6.45, 7) is 5.05. The number of likely N-dealkylation sites (tertiary alicyclic amines) is 1. The molecule has 2 aliphatic rings. The lowest BCUT2D eigenvalue weighted by Crippen LogP contribution is -2.44. The van der Waals surface area contributed by atoms with Crippen molar-refractivity contribution >= 4 is 28.3 Å². The van der Waals surface area contributed by atoms with Gasteiger partial charge in [0.1, 0.15) is 0 Å². The lowest BCUT2D eigenvalue weighted by molar-refractivity contribution is -0.130. The Kier molecular flexibility index (Phi) is 8.23. The highest BCUT2D eigenvalue weighted by atomic mass is 35.5. The SMILES string of the molecule is CC(C)OCCS(=O)(=O)NCC(=O)N1CCC2CCC(C1)N2.Cl. The molecule has 2 N–H and O–H groups in total. The molecule has 2 bridgehead atoms. The summed E-state index contributed by atoms with van der Waals surface area (Å²) in [6.07, 6.45) is 3.20. The summed E-state index contributed by atoms with van der Waals surface area (Å²) >= 11 is 0. The molecule has 0 aliphatic carbocycles. The lowest BCUT2D eigenvalue weighted by atomic mass is 10.1. The van der Waals surface area contributed by atoms with Crippen molar-refractivity contribution < 1.29 is 17.9 Å². The first-order valence-electron chi connectivity index (χ1n) is 7.98. The Morgan fingerprint density at radius 2 is 2.00 bits per heavy atom. The molecule has 2 fully saturated rings. The number of fused-ring (bicyclic) bond motifs is 2. The molecule has 0 aromatic carbocycles. The van der Waals surface area contributed by atoms with E-state index in [4.69, 9.17) is 4.74 Å². The Balaban J connectivity index is 0.00000264. The predicted molar refractivity (Wildman–Crippen MR) is 91.3 cm³/mol. The van der Waals surface area contributed by atoms with Crippen molar-refractivity contribution in [2.75, 3.05) is 32.0 Å². The molecule has 1 amide bonds. The minimum Gasteiger partial charge on any atom is -0.378 e. The minimum atomic E-state index is -3.47. The van der Waals surface area contributed by atoms with Crippen molar-refractivity contribution in [2.24, 2.45) is 0 Å². The molecule has 2 unspecified atom stereocenters. The maximum absolute atomic E-state index is 12.2. The van der Waals surface area contributed by atoms with E-state index in [0.717, 1.165) is 12.8 Å². The monoisotopic (exact) mass is 369 g/mol. The van der Waals surface area contributed by atoms with Crippen LogP contribution in [-0.2, 0) is 19.6 Å². The summed E-state index contributed by atoms with van der Waals surface area (Å²) in [5, 5.41) is 3.50. The van der Waals surface area contributed by atoms with Gasteiger partial charge in [0.05, 0.1) is 25.0 Å². The predicted octanol–water partition coefficient (Wildman–Crippen LogP) is 0.106. The molecule has 0 spiro atoms. The second kappa shape index (κ2) is 9.17. The largest absolute Gasteiger partial charge is 0.378 e. The molecule has 2 aliphatic heterocycles. The van der Waals surface area contributed by atoms with Gasteiger partial charge in [-0.05, 0) is 33.1 Å². The van der Waals surface area contributed by atoms with E-state index in [-0.39, 0.29) is 43.3 Å². The smallest absolute Gasteiger partial charge is 0.237 e. The summed E-state index contributed by atoms with van der Waals surface area (Å²) in [4.78, 5) is 14.0. The average molecular weight is 370 g/mol. The van der Waals surface area contributed by atoms with E-state index >= 15 is 0 Å².